The molecule has 2 aliphatic carbocycles. The number of hydrogen-bond donors (Lipinski definition) is 3. The lowest BCUT2D eigenvalue weighted by Crippen LogP contribution is -2.41. The molecule has 1 heterocycles. The van der Waals surface area contributed by atoms with E-state index in [1.54, 1.807) is 0 Å². The smallest absolute Gasteiger partial charge is 0.242 e. The van der Waals surface area contributed by atoms with Gasteiger partial charge in [0, 0.05) is 11.0 Å². The Morgan fingerprint density at radius 2 is 2.53 bits per heavy atom. The van der Waals surface area contributed by atoms with Crippen molar-refractivity contribution in [1.29, 1.82) is 0 Å². The van der Waals surface area contributed by atoms with Crippen LogP contribution in [0.3, 0.4) is 0 Å². The topological polar surface area (TPSA) is 61.5 Å². The minimum absolute atomic E-state index is 0.0637. The van der Waals surface area contributed by atoms with Gasteiger partial charge >= 0.3 is 0 Å². The van der Waals surface area contributed by atoms with E-state index in [1.807, 2.05) is 13.5 Å². The molecule has 2 fully saturated rings. The largest absolute Gasteiger partial charge is 0.399 e. The summed E-state index contributed by atoms with van der Waals surface area (Å²) >= 11 is 0. The highest BCUT2D eigenvalue weighted by Gasteiger charge is 2.52. The van der Waals surface area contributed by atoms with Gasteiger partial charge in [0.25, 0.3) is 0 Å². The molecule has 2 atom stereocenters. The predicted octanol–water partition coefficient (Wildman–Crippen LogP) is 0.699. The molecular formula is C10H15BN3O. The van der Waals surface area contributed by atoms with Crippen LogP contribution in [-0.4, -0.2) is 23.8 Å². The SMILES string of the molecule is NC1=C2CCCC3N(O)N[B]C23CC=C1. The standard InChI is InChI=1S/C10H15BN3O/c12-8-4-2-6-10-7(8)3-1-5-9(10)14(15)13-11-10/h2,4,9,13,15H,1,3,5-6,12H2. The van der Waals surface area contributed by atoms with Gasteiger partial charge in [-0.3, -0.25) is 10.5 Å². The lowest BCUT2D eigenvalue weighted by molar-refractivity contribution is -0.147. The van der Waals surface area contributed by atoms with Crippen LogP contribution in [-0.2, 0) is 0 Å². The Kier molecular flexibility index (Phi) is 1.96. The summed E-state index contributed by atoms with van der Waals surface area (Å²) < 4.78 is 0. The van der Waals surface area contributed by atoms with Crippen molar-refractivity contribution in [3.8, 4) is 0 Å². The first-order chi connectivity index (χ1) is 7.24. The first kappa shape index (κ1) is 9.45. The Hall–Kier alpha value is -0.775. The second kappa shape index (κ2) is 3.11. The second-order valence-electron chi connectivity index (χ2n) is 4.61. The van der Waals surface area contributed by atoms with Gasteiger partial charge in [-0.05, 0) is 37.3 Å². The molecule has 1 saturated heterocycles. The molecular weight excluding hydrogens is 189 g/mol. The fourth-order valence-corrected chi connectivity index (χ4v) is 3.17. The number of hydrazine groups is 1. The molecule has 1 radical (unpaired) electrons. The van der Waals surface area contributed by atoms with Crippen molar-refractivity contribution in [1.82, 2.24) is 10.5 Å². The predicted molar refractivity (Wildman–Crippen MR) is 57.8 cm³/mol. The van der Waals surface area contributed by atoms with Crippen molar-refractivity contribution in [3.05, 3.63) is 23.4 Å². The summed E-state index contributed by atoms with van der Waals surface area (Å²) in [6.07, 6.45) is 8.22. The van der Waals surface area contributed by atoms with Crippen molar-refractivity contribution in [3.63, 3.8) is 0 Å². The van der Waals surface area contributed by atoms with E-state index in [-0.39, 0.29) is 11.4 Å². The molecule has 0 aromatic carbocycles. The van der Waals surface area contributed by atoms with E-state index in [4.69, 9.17) is 5.73 Å². The van der Waals surface area contributed by atoms with Crippen molar-refractivity contribution in [2.75, 3.05) is 0 Å². The zero-order valence-electron chi connectivity index (χ0n) is 8.61. The molecule has 1 spiro atoms. The van der Waals surface area contributed by atoms with Gasteiger partial charge in [0.1, 0.15) is 0 Å². The van der Waals surface area contributed by atoms with Crippen molar-refractivity contribution < 1.29 is 5.21 Å². The van der Waals surface area contributed by atoms with Crippen LogP contribution in [0, 0.1) is 0 Å². The van der Waals surface area contributed by atoms with Gasteiger partial charge in [-0.2, -0.15) is 0 Å². The number of nitrogens with one attached hydrogen (secondary N) is 1. The van der Waals surface area contributed by atoms with Crippen molar-refractivity contribution in [2.45, 2.75) is 37.0 Å². The summed E-state index contributed by atoms with van der Waals surface area (Å²) in [5.41, 5.74) is 8.22. The Balaban J connectivity index is 2.07. The van der Waals surface area contributed by atoms with Crippen LogP contribution in [0.15, 0.2) is 23.4 Å². The molecule has 0 aromatic heterocycles. The zero-order valence-corrected chi connectivity index (χ0v) is 8.61. The summed E-state index contributed by atoms with van der Waals surface area (Å²) in [5, 5.41) is 13.8. The molecule has 79 valence electrons. The minimum atomic E-state index is -0.0637. The Morgan fingerprint density at radius 1 is 1.67 bits per heavy atom. The van der Waals surface area contributed by atoms with Gasteiger partial charge in [0.2, 0.25) is 7.41 Å². The first-order valence-electron chi connectivity index (χ1n) is 5.48. The third-order valence-electron chi connectivity index (χ3n) is 3.91. The van der Waals surface area contributed by atoms with Gasteiger partial charge in [0.05, 0.1) is 6.04 Å². The third kappa shape index (κ3) is 1.14. The summed E-state index contributed by atoms with van der Waals surface area (Å²) in [6.45, 7) is 0. The zero-order chi connectivity index (χ0) is 10.5. The normalized spacial score (nSPS) is 39.9. The molecule has 0 amide bonds. The van der Waals surface area contributed by atoms with E-state index in [2.05, 4.69) is 11.4 Å². The maximum absolute atomic E-state index is 9.75. The average Bonchev–Trinajstić information content (AvgIpc) is 2.56. The van der Waals surface area contributed by atoms with Gasteiger partial charge < -0.3 is 5.73 Å². The Morgan fingerprint density at radius 3 is 3.40 bits per heavy atom. The van der Waals surface area contributed by atoms with Gasteiger partial charge in [-0.25, -0.2) is 0 Å². The van der Waals surface area contributed by atoms with E-state index >= 15 is 0 Å². The fraction of sp³-hybridized carbons (Fsp3) is 0.600. The van der Waals surface area contributed by atoms with E-state index in [9.17, 15) is 5.21 Å². The van der Waals surface area contributed by atoms with Crippen LogP contribution in [0.4, 0.5) is 0 Å². The number of nitrogens with two attached hydrogens (primary N) is 1. The van der Waals surface area contributed by atoms with E-state index in [0.29, 0.717) is 0 Å². The highest BCUT2D eigenvalue weighted by Crippen LogP contribution is 2.55. The maximum atomic E-state index is 9.75. The summed E-state index contributed by atoms with van der Waals surface area (Å²) in [7, 11) is 2.00. The number of rotatable bonds is 0. The monoisotopic (exact) mass is 204 g/mol. The molecule has 3 rings (SSSR count). The molecule has 0 aromatic rings. The fourth-order valence-electron chi connectivity index (χ4n) is 3.17. The summed E-state index contributed by atoms with van der Waals surface area (Å²) in [5.74, 6) is 0. The Bertz CT molecular complexity index is 355. The average molecular weight is 204 g/mol. The van der Waals surface area contributed by atoms with Crippen molar-refractivity contribution in [2.24, 2.45) is 5.73 Å². The van der Waals surface area contributed by atoms with E-state index < -0.39 is 0 Å². The van der Waals surface area contributed by atoms with Gasteiger partial charge in [-0.1, -0.05) is 6.08 Å². The van der Waals surface area contributed by atoms with Crippen LogP contribution in [0.5, 0.6) is 0 Å². The lowest BCUT2D eigenvalue weighted by Gasteiger charge is -2.43. The molecule has 15 heavy (non-hydrogen) atoms. The van der Waals surface area contributed by atoms with E-state index in [1.165, 1.54) is 10.7 Å². The Labute approximate surface area is 90.0 Å². The molecule has 2 unspecified atom stereocenters. The van der Waals surface area contributed by atoms with Crippen LogP contribution in [0.1, 0.15) is 25.7 Å². The lowest BCUT2D eigenvalue weighted by atomic mass is 9.48. The van der Waals surface area contributed by atoms with E-state index in [0.717, 1.165) is 31.4 Å². The first-order valence-corrected chi connectivity index (χ1v) is 5.48. The van der Waals surface area contributed by atoms with Crippen LogP contribution in [0.2, 0.25) is 5.31 Å². The summed E-state index contributed by atoms with van der Waals surface area (Å²) in [4.78, 5) is 0. The van der Waals surface area contributed by atoms with Crippen LogP contribution in [0.25, 0.3) is 0 Å². The number of nitrogens with zero attached hydrogens (tertiary/aromatic N) is 1. The molecule has 5 heteroatoms. The highest BCUT2D eigenvalue weighted by atomic mass is 16.5. The third-order valence-corrected chi connectivity index (χ3v) is 3.91. The molecule has 0 bridgehead atoms. The quantitative estimate of drug-likeness (QED) is 0.508. The molecule has 4 nitrogen and oxygen atoms in total. The number of allylic oxidation sites excluding steroid dienone is 2. The summed E-state index contributed by atoms with van der Waals surface area (Å²) in [6, 6.07) is 0.143. The second-order valence-corrected chi connectivity index (χ2v) is 4.61. The number of hydrogen-bond acceptors (Lipinski definition) is 4. The van der Waals surface area contributed by atoms with Crippen LogP contribution >= 0.6 is 0 Å². The molecule has 1 saturated carbocycles. The molecule has 1 aliphatic heterocycles. The highest BCUT2D eigenvalue weighted by molar-refractivity contribution is 6.40. The minimum Gasteiger partial charge on any atom is -0.399 e. The van der Waals surface area contributed by atoms with Gasteiger partial charge in [0.15, 0.2) is 0 Å². The maximum Gasteiger partial charge on any atom is 0.242 e. The van der Waals surface area contributed by atoms with Crippen LogP contribution < -0.4 is 11.1 Å². The van der Waals surface area contributed by atoms with Gasteiger partial charge in [-0.15, -0.1) is 5.17 Å². The van der Waals surface area contributed by atoms with Crippen molar-refractivity contribution >= 4 is 7.41 Å². The molecule has 4 N–H and O–H groups in total. The molecule has 3 aliphatic rings. The number of hydroxylamine groups is 1.